The van der Waals surface area contributed by atoms with E-state index in [1.54, 1.807) is 0 Å². The van der Waals surface area contributed by atoms with Crippen LogP contribution in [0.1, 0.15) is 66.7 Å². The lowest BCUT2D eigenvalue weighted by atomic mass is 9.92. The third kappa shape index (κ3) is 10.9. The van der Waals surface area contributed by atoms with Gasteiger partial charge in [-0.2, -0.15) is 0 Å². The predicted molar refractivity (Wildman–Crippen MR) is 120 cm³/mol. The van der Waals surface area contributed by atoms with Crippen molar-refractivity contribution in [1.29, 1.82) is 0 Å². The number of unbranched alkanes of at least 4 members (excludes halogenated alkanes) is 1. The summed E-state index contributed by atoms with van der Waals surface area (Å²) in [5.41, 5.74) is 0. The number of rotatable bonds is 12. The molecule has 0 aromatic heterocycles. The van der Waals surface area contributed by atoms with Crippen LogP contribution in [0.3, 0.4) is 0 Å². The van der Waals surface area contributed by atoms with Crippen LogP contribution in [-0.2, 0) is 0 Å². The second-order valence-corrected chi connectivity index (χ2v) is 8.63. The Morgan fingerprint density at radius 1 is 1.11 bits per heavy atom. The van der Waals surface area contributed by atoms with Crippen molar-refractivity contribution < 1.29 is 0 Å². The number of aliphatic imine (C=N–C) groups is 1. The number of piperidine rings is 1. The van der Waals surface area contributed by atoms with E-state index in [1.165, 1.54) is 58.3 Å². The molecule has 3 atom stereocenters. The first kappa shape index (κ1) is 24.2. The van der Waals surface area contributed by atoms with Gasteiger partial charge in [0.1, 0.15) is 0 Å². The van der Waals surface area contributed by atoms with Gasteiger partial charge in [-0.05, 0) is 77.0 Å². The molecule has 0 amide bonds. The molecule has 160 valence electrons. The smallest absolute Gasteiger partial charge is 0.191 e. The summed E-state index contributed by atoms with van der Waals surface area (Å²) in [7, 11) is 1.87. The quantitative estimate of drug-likeness (QED) is 0.309. The summed E-state index contributed by atoms with van der Waals surface area (Å²) >= 11 is 0. The van der Waals surface area contributed by atoms with E-state index < -0.39 is 0 Å². The molecule has 1 heterocycles. The zero-order chi connectivity index (χ0) is 20.1. The predicted octanol–water partition coefficient (Wildman–Crippen LogP) is 3.42. The van der Waals surface area contributed by atoms with Crippen LogP contribution in [0.4, 0.5) is 0 Å². The minimum absolute atomic E-state index is 0.461. The Kier molecular flexibility index (Phi) is 12.8. The molecule has 27 heavy (non-hydrogen) atoms. The Labute approximate surface area is 169 Å². The highest BCUT2D eigenvalue weighted by atomic mass is 15.2. The number of hydrogen-bond donors (Lipinski definition) is 2. The van der Waals surface area contributed by atoms with Gasteiger partial charge < -0.3 is 20.4 Å². The zero-order valence-corrected chi connectivity index (χ0v) is 19.1. The highest BCUT2D eigenvalue weighted by Gasteiger charge is 2.20. The fourth-order valence-electron chi connectivity index (χ4n) is 4.30. The molecule has 3 unspecified atom stereocenters. The summed E-state index contributed by atoms with van der Waals surface area (Å²) in [4.78, 5) is 9.53. The van der Waals surface area contributed by atoms with E-state index in [1.807, 2.05) is 7.05 Å². The molecule has 0 aliphatic carbocycles. The van der Waals surface area contributed by atoms with Gasteiger partial charge in [0.05, 0.1) is 0 Å². The molecule has 1 rings (SSSR count). The van der Waals surface area contributed by atoms with Gasteiger partial charge in [-0.15, -0.1) is 0 Å². The highest BCUT2D eigenvalue weighted by Crippen LogP contribution is 2.20. The first-order chi connectivity index (χ1) is 13.0. The normalized spacial score (nSPS) is 22.9. The van der Waals surface area contributed by atoms with Gasteiger partial charge in [0.15, 0.2) is 5.96 Å². The first-order valence-electron chi connectivity index (χ1n) is 11.4. The van der Waals surface area contributed by atoms with Crippen molar-refractivity contribution in [3.05, 3.63) is 0 Å². The lowest BCUT2D eigenvalue weighted by molar-refractivity contribution is 0.139. The molecule has 0 bridgehead atoms. The molecule has 0 spiro atoms. The molecule has 0 saturated carbocycles. The standard InChI is InChI=1S/C22H47N5/c1-7-26(8-2)15-11-12-21(5)25-22(23-6)24-13-9-10-14-27-17-19(3)16-20(4)18-27/h19-21H,7-18H2,1-6H3,(H2,23,24,25). The molecular weight excluding hydrogens is 334 g/mol. The van der Waals surface area contributed by atoms with Crippen LogP contribution in [0.25, 0.3) is 0 Å². The fraction of sp³-hybridized carbons (Fsp3) is 0.955. The van der Waals surface area contributed by atoms with Gasteiger partial charge in [-0.25, -0.2) is 0 Å². The van der Waals surface area contributed by atoms with E-state index in [0.29, 0.717) is 6.04 Å². The van der Waals surface area contributed by atoms with Gasteiger partial charge in [-0.1, -0.05) is 27.7 Å². The van der Waals surface area contributed by atoms with Gasteiger partial charge >= 0.3 is 0 Å². The molecule has 5 nitrogen and oxygen atoms in total. The summed E-state index contributed by atoms with van der Waals surface area (Å²) in [6.45, 7) is 19.8. The molecule has 0 radical (unpaired) electrons. The molecule has 1 aliphatic rings. The lowest BCUT2D eigenvalue weighted by Gasteiger charge is -2.34. The van der Waals surface area contributed by atoms with Crippen LogP contribution >= 0.6 is 0 Å². The zero-order valence-electron chi connectivity index (χ0n) is 19.1. The Balaban J connectivity index is 2.11. The second kappa shape index (κ2) is 14.2. The maximum absolute atomic E-state index is 4.38. The summed E-state index contributed by atoms with van der Waals surface area (Å²) in [6.07, 6.45) is 6.29. The summed E-state index contributed by atoms with van der Waals surface area (Å²) < 4.78 is 0. The Hall–Kier alpha value is -0.810. The highest BCUT2D eigenvalue weighted by molar-refractivity contribution is 5.79. The van der Waals surface area contributed by atoms with Gasteiger partial charge in [0, 0.05) is 32.7 Å². The average Bonchev–Trinajstić information content (AvgIpc) is 2.63. The molecule has 0 aromatic carbocycles. The summed E-state index contributed by atoms with van der Waals surface area (Å²) in [5, 5.41) is 7.03. The van der Waals surface area contributed by atoms with Crippen LogP contribution in [0, 0.1) is 11.8 Å². The van der Waals surface area contributed by atoms with Crippen LogP contribution < -0.4 is 10.6 Å². The largest absolute Gasteiger partial charge is 0.356 e. The van der Waals surface area contributed by atoms with Crippen LogP contribution in [0.15, 0.2) is 4.99 Å². The fourth-order valence-corrected chi connectivity index (χ4v) is 4.30. The molecule has 5 heteroatoms. The molecule has 2 N–H and O–H groups in total. The number of guanidine groups is 1. The van der Waals surface area contributed by atoms with Crippen molar-refractivity contribution in [2.45, 2.75) is 72.8 Å². The molecular formula is C22H47N5. The third-order valence-corrected chi connectivity index (χ3v) is 5.75. The Bertz CT molecular complexity index is 384. The maximum atomic E-state index is 4.38. The monoisotopic (exact) mass is 381 g/mol. The van der Waals surface area contributed by atoms with E-state index in [0.717, 1.165) is 37.4 Å². The van der Waals surface area contributed by atoms with E-state index in [9.17, 15) is 0 Å². The van der Waals surface area contributed by atoms with Crippen LogP contribution in [0.2, 0.25) is 0 Å². The Morgan fingerprint density at radius 2 is 1.78 bits per heavy atom. The van der Waals surface area contributed by atoms with Crippen molar-refractivity contribution in [2.24, 2.45) is 16.8 Å². The summed E-state index contributed by atoms with van der Waals surface area (Å²) in [5.74, 6) is 2.67. The van der Waals surface area contributed by atoms with Gasteiger partial charge in [-0.3, -0.25) is 4.99 Å². The van der Waals surface area contributed by atoms with Crippen molar-refractivity contribution in [2.75, 3.05) is 52.9 Å². The summed E-state index contributed by atoms with van der Waals surface area (Å²) in [6, 6.07) is 0.461. The van der Waals surface area contributed by atoms with E-state index in [4.69, 9.17) is 0 Å². The minimum Gasteiger partial charge on any atom is -0.356 e. The number of nitrogens with zero attached hydrogens (tertiary/aromatic N) is 3. The van der Waals surface area contributed by atoms with Crippen molar-refractivity contribution in [3.8, 4) is 0 Å². The number of nitrogens with one attached hydrogen (secondary N) is 2. The SMILES string of the molecule is CCN(CC)CCCC(C)NC(=NC)NCCCCN1CC(C)CC(C)C1. The molecule has 0 aromatic rings. The third-order valence-electron chi connectivity index (χ3n) is 5.75. The number of hydrogen-bond acceptors (Lipinski definition) is 3. The van der Waals surface area contributed by atoms with Crippen LogP contribution in [-0.4, -0.2) is 74.7 Å². The second-order valence-electron chi connectivity index (χ2n) is 8.63. The minimum atomic E-state index is 0.461. The van der Waals surface area contributed by atoms with E-state index in [2.05, 4.69) is 60.0 Å². The average molecular weight is 382 g/mol. The Morgan fingerprint density at radius 3 is 2.37 bits per heavy atom. The van der Waals surface area contributed by atoms with Crippen molar-refractivity contribution >= 4 is 5.96 Å². The van der Waals surface area contributed by atoms with E-state index in [-0.39, 0.29) is 0 Å². The maximum Gasteiger partial charge on any atom is 0.191 e. The van der Waals surface area contributed by atoms with Gasteiger partial charge in [0.2, 0.25) is 0 Å². The van der Waals surface area contributed by atoms with Crippen molar-refractivity contribution in [3.63, 3.8) is 0 Å². The lowest BCUT2D eigenvalue weighted by Crippen LogP contribution is -2.43. The van der Waals surface area contributed by atoms with E-state index >= 15 is 0 Å². The topological polar surface area (TPSA) is 42.9 Å². The molecule has 1 aliphatic heterocycles. The van der Waals surface area contributed by atoms with Crippen molar-refractivity contribution in [1.82, 2.24) is 20.4 Å². The van der Waals surface area contributed by atoms with Crippen LogP contribution in [0.5, 0.6) is 0 Å². The first-order valence-corrected chi connectivity index (χ1v) is 11.4. The van der Waals surface area contributed by atoms with Gasteiger partial charge in [0.25, 0.3) is 0 Å². The molecule has 1 fully saturated rings. The number of likely N-dealkylation sites (tertiary alicyclic amines) is 1. The molecule has 1 saturated heterocycles.